The molecule has 118 valence electrons. The first kappa shape index (κ1) is 17.8. The van der Waals surface area contributed by atoms with Crippen LogP contribution in [0.3, 0.4) is 0 Å². The van der Waals surface area contributed by atoms with E-state index in [2.05, 4.69) is 38.7 Å². The molecule has 4 nitrogen and oxygen atoms in total. The van der Waals surface area contributed by atoms with E-state index in [0.717, 1.165) is 19.5 Å². The zero-order chi connectivity index (χ0) is 15.4. The Morgan fingerprint density at radius 2 is 2.00 bits per heavy atom. The molecule has 0 bridgehead atoms. The average Bonchev–Trinajstić information content (AvgIpc) is 2.68. The van der Waals surface area contributed by atoms with E-state index in [-0.39, 0.29) is 16.2 Å². The van der Waals surface area contributed by atoms with Gasteiger partial charge in [-0.05, 0) is 25.7 Å². The summed E-state index contributed by atoms with van der Waals surface area (Å²) >= 11 is 4.47. The molecule has 1 heterocycles. The molecule has 0 radical (unpaired) electrons. The second kappa shape index (κ2) is 7.14. The molecule has 0 saturated carbocycles. The van der Waals surface area contributed by atoms with Crippen molar-refractivity contribution in [1.82, 2.24) is 10.2 Å². The Morgan fingerprint density at radius 3 is 2.55 bits per heavy atom. The van der Waals surface area contributed by atoms with Gasteiger partial charge in [-0.25, -0.2) is 0 Å². The fourth-order valence-corrected chi connectivity index (χ4v) is 2.48. The van der Waals surface area contributed by atoms with Crippen molar-refractivity contribution in [2.75, 3.05) is 26.3 Å². The summed E-state index contributed by atoms with van der Waals surface area (Å²) in [5, 5.41) is 3.43. The number of nitrogens with zero attached hydrogens (tertiary/aromatic N) is 1. The summed E-state index contributed by atoms with van der Waals surface area (Å²) in [4.78, 5) is 13.8. The minimum Gasteiger partial charge on any atom is -0.380 e. The summed E-state index contributed by atoms with van der Waals surface area (Å²) in [5.74, 6) is 0.195. The van der Waals surface area contributed by atoms with Gasteiger partial charge in [0.15, 0.2) is 0 Å². The number of amides is 1. The highest BCUT2D eigenvalue weighted by molar-refractivity contribution is 7.81. The number of hydrogen-bond donors (Lipinski definition) is 2. The van der Waals surface area contributed by atoms with Gasteiger partial charge in [-0.2, -0.15) is 12.6 Å². The summed E-state index contributed by atoms with van der Waals surface area (Å²) in [6.45, 7) is 13.3. The highest BCUT2D eigenvalue weighted by Gasteiger charge is 2.28. The number of hydrogen-bond acceptors (Lipinski definition) is 4. The van der Waals surface area contributed by atoms with E-state index in [0.29, 0.717) is 25.7 Å². The lowest BCUT2D eigenvalue weighted by Gasteiger charge is -2.25. The van der Waals surface area contributed by atoms with E-state index in [1.54, 1.807) is 0 Å². The van der Waals surface area contributed by atoms with Crippen molar-refractivity contribution in [3.05, 3.63) is 0 Å². The van der Waals surface area contributed by atoms with Crippen LogP contribution in [0.15, 0.2) is 0 Å². The van der Waals surface area contributed by atoms with E-state index in [1.807, 2.05) is 18.7 Å². The third-order valence-electron chi connectivity index (χ3n) is 3.09. The molecule has 0 unspecified atom stereocenters. The Bertz CT molecular complexity index is 321. The first-order valence-corrected chi connectivity index (χ1v) is 7.87. The Balaban J connectivity index is 2.22. The number of carbonyl (C=O) groups excluding carboxylic acids is 1. The summed E-state index contributed by atoms with van der Waals surface area (Å²) in [7, 11) is 0. The normalized spacial score (nSPS) is 20.5. The molecule has 1 aliphatic rings. The lowest BCUT2D eigenvalue weighted by Crippen LogP contribution is -2.44. The predicted molar refractivity (Wildman–Crippen MR) is 86.1 cm³/mol. The van der Waals surface area contributed by atoms with Crippen molar-refractivity contribution in [3.8, 4) is 0 Å². The van der Waals surface area contributed by atoms with Crippen LogP contribution in [0.1, 0.15) is 47.5 Å². The maximum atomic E-state index is 12.1. The highest BCUT2D eigenvalue weighted by atomic mass is 32.1. The molecule has 1 rings (SSSR count). The standard InChI is InChI=1S/C15H30N2O2S/c1-14(2,3)11-19-9-7-13(18)17-8-6-12(10-17)16-15(4,5)20/h12,16,20H,6-11H2,1-5H3/t12-/m1/s1. The molecule has 0 spiro atoms. The first-order chi connectivity index (χ1) is 9.07. The van der Waals surface area contributed by atoms with Crippen LogP contribution in [-0.2, 0) is 9.53 Å². The summed E-state index contributed by atoms with van der Waals surface area (Å²) in [5.41, 5.74) is 0.157. The SMILES string of the molecule is CC(C)(C)COCCC(=O)N1CC[C@@H](NC(C)(C)S)C1. The van der Waals surface area contributed by atoms with Crippen LogP contribution < -0.4 is 5.32 Å². The summed E-state index contributed by atoms with van der Waals surface area (Å²) in [6.07, 6.45) is 1.48. The molecule has 1 atom stereocenters. The van der Waals surface area contributed by atoms with E-state index in [1.165, 1.54) is 0 Å². The van der Waals surface area contributed by atoms with Crippen LogP contribution >= 0.6 is 12.6 Å². The quantitative estimate of drug-likeness (QED) is 0.449. The average molecular weight is 302 g/mol. The van der Waals surface area contributed by atoms with E-state index in [9.17, 15) is 4.79 Å². The summed E-state index contributed by atoms with van der Waals surface area (Å²) < 4.78 is 5.56. The Hall–Kier alpha value is -0.260. The molecule has 0 aliphatic carbocycles. The van der Waals surface area contributed by atoms with Crippen LogP contribution in [0.5, 0.6) is 0 Å². The van der Waals surface area contributed by atoms with Crippen molar-refractivity contribution in [3.63, 3.8) is 0 Å². The second-order valence-electron chi connectivity index (χ2n) is 7.39. The van der Waals surface area contributed by atoms with Gasteiger partial charge >= 0.3 is 0 Å². The highest BCUT2D eigenvalue weighted by Crippen LogP contribution is 2.17. The number of ether oxygens (including phenoxy) is 1. The van der Waals surface area contributed by atoms with Gasteiger partial charge in [-0.1, -0.05) is 20.8 Å². The van der Waals surface area contributed by atoms with Gasteiger partial charge in [0.1, 0.15) is 0 Å². The Kier molecular flexibility index (Phi) is 6.35. The van der Waals surface area contributed by atoms with Crippen molar-refractivity contribution < 1.29 is 9.53 Å². The van der Waals surface area contributed by atoms with Gasteiger partial charge < -0.3 is 9.64 Å². The lowest BCUT2D eigenvalue weighted by atomic mass is 9.99. The van der Waals surface area contributed by atoms with Crippen molar-refractivity contribution in [2.45, 2.75) is 58.4 Å². The molecule has 5 heteroatoms. The predicted octanol–water partition coefficient (Wildman–Crippen LogP) is 2.30. The topological polar surface area (TPSA) is 41.6 Å². The van der Waals surface area contributed by atoms with Crippen LogP contribution in [0.25, 0.3) is 0 Å². The van der Waals surface area contributed by atoms with Gasteiger partial charge in [0.2, 0.25) is 5.91 Å². The lowest BCUT2D eigenvalue weighted by molar-refractivity contribution is -0.131. The molecule has 1 aliphatic heterocycles. The van der Waals surface area contributed by atoms with Crippen molar-refractivity contribution >= 4 is 18.5 Å². The Labute approximate surface area is 129 Å². The maximum Gasteiger partial charge on any atom is 0.224 e. The fraction of sp³-hybridized carbons (Fsp3) is 0.933. The fourth-order valence-electron chi connectivity index (χ4n) is 2.30. The summed E-state index contributed by atoms with van der Waals surface area (Å²) in [6, 6.07) is 0.349. The molecular formula is C15H30N2O2S. The van der Waals surface area contributed by atoms with Gasteiger partial charge in [0.05, 0.1) is 24.5 Å². The van der Waals surface area contributed by atoms with Gasteiger partial charge in [0, 0.05) is 19.1 Å². The van der Waals surface area contributed by atoms with E-state index >= 15 is 0 Å². The molecule has 1 fully saturated rings. The number of carbonyl (C=O) groups is 1. The second-order valence-corrected chi connectivity index (χ2v) is 8.51. The maximum absolute atomic E-state index is 12.1. The molecule has 0 aromatic heterocycles. The monoisotopic (exact) mass is 302 g/mol. The third-order valence-corrected chi connectivity index (χ3v) is 3.22. The van der Waals surface area contributed by atoms with Crippen LogP contribution in [0.4, 0.5) is 0 Å². The number of nitrogens with one attached hydrogen (secondary N) is 1. The minimum absolute atomic E-state index is 0.157. The molecule has 1 amide bonds. The molecule has 0 aromatic rings. The third kappa shape index (κ3) is 7.50. The zero-order valence-corrected chi connectivity index (χ0v) is 14.4. The molecule has 0 aromatic carbocycles. The minimum atomic E-state index is -0.195. The van der Waals surface area contributed by atoms with E-state index < -0.39 is 0 Å². The number of rotatable bonds is 6. The molecule has 1 N–H and O–H groups in total. The molecule has 20 heavy (non-hydrogen) atoms. The van der Waals surface area contributed by atoms with Crippen LogP contribution in [-0.4, -0.2) is 48.0 Å². The largest absolute Gasteiger partial charge is 0.380 e. The molecular weight excluding hydrogens is 272 g/mol. The van der Waals surface area contributed by atoms with Crippen molar-refractivity contribution in [2.24, 2.45) is 5.41 Å². The van der Waals surface area contributed by atoms with Gasteiger partial charge in [0.25, 0.3) is 0 Å². The number of thiol groups is 1. The zero-order valence-electron chi connectivity index (χ0n) is 13.5. The smallest absolute Gasteiger partial charge is 0.224 e. The van der Waals surface area contributed by atoms with Gasteiger partial charge in [-0.15, -0.1) is 0 Å². The van der Waals surface area contributed by atoms with Crippen molar-refractivity contribution in [1.29, 1.82) is 0 Å². The number of likely N-dealkylation sites (tertiary alicyclic amines) is 1. The Morgan fingerprint density at radius 1 is 1.35 bits per heavy atom. The van der Waals surface area contributed by atoms with Gasteiger partial charge in [-0.3, -0.25) is 10.1 Å². The first-order valence-electron chi connectivity index (χ1n) is 7.42. The van der Waals surface area contributed by atoms with Crippen LogP contribution in [0.2, 0.25) is 0 Å². The molecule has 1 saturated heterocycles. The van der Waals surface area contributed by atoms with Crippen LogP contribution in [0, 0.1) is 5.41 Å². The van der Waals surface area contributed by atoms with E-state index in [4.69, 9.17) is 4.74 Å².